The zero-order valence-electron chi connectivity index (χ0n) is 15.9. The van der Waals surface area contributed by atoms with Gasteiger partial charge in [0.2, 0.25) is 0 Å². The van der Waals surface area contributed by atoms with E-state index in [9.17, 15) is 9.59 Å². The zero-order chi connectivity index (χ0) is 17.3. The summed E-state index contributed by atoms with van der Waals surface area (Å²) in [6, 6.07) is 0. The van der Waals surface area contributed by atoms with Crippen molar-refractivity contribution in [3.63, 3.8) is 0 Å². The van der Waals surface area contributed by atoms with E-state index in [-0.39, 0.29) is 44.2 Å². The first-order valence-corrected chi connectivity index (χ1v) is 9.50. The van der Waals surface area contributed by atoms with E-state index < -0.39 is 18.0 Å². The second kappa shape index (κ2) is 19.7. The quantitative estimate of drug-likeness (QED) is 0.199. The fourth-order valence-electron chi connectivity index (χ4n) is 2.54. The molecule has 1 N–H and O–H groups in total. The Morgan fingerprint density at radius 2 is 1.17 bits per heavy atom. The molecule has 0 rings (SSSR count). The molecule has 0 radical (unpaired) electrons. The van der Waals surface area contributed by atoms with E-state index in [0.29, 0.717) is 0 Å². The molecule has 0 heterocycles. The number of rotatable bonds is 15. The molecule has 0 aromatic heterocycles. The van der Waals surface area contributed by atoms with Crippen LogP contribution >= 0.6 is 0 Å². The van der Waals surface area contributed by atoms with E-state index in [2.05, 4.69) is 11.7 Å². The second-order valence-corrected chi connectivity index (χ2v) is 6.46. The van der Waals surface area contributed by atoms with Crippen molar-refractivity contribution < 1.29 is 19.4 Å². The van der Waals surface area contributed by atoms with Crippen LogP contribution in [0.4, 0.5) is 0 Å². The maximum atomic E-state index is 11.3. The minimum absolute atomic E-state index is 0. The molecule has 0 aromatic rings. The van der Waals surface area contributed by atoms with Crippen LogP contribution in [0.3, 0.4) is 0 Å². The van der Waals surface area contributed by atoms with Crippen LogP contribution in [0, 0.1) is 0 Å². The third kappa shape index (κ3) is 18.7. The van der Waals surface area contributed by atoms with Gasteiger partial charge in [-0.25, -0.2) is 4.79 Å². The van der Waals surface area contributed by atoms with Gasteiger partial charge in [-0.1, -0.05) is 84.0 Å². The maximum absolute atomic E-state index is 11.3. The van der Waals surface area contributed by atoms with Crippen LogP contribution in [0.25, 0.3) is 0 Å². The molecule has 0 amide bonds. The van der Waals surface area contributed by atoms with Crippen molar-refractivity contribution in [2.75, 3.05) is 0 Å². The van der Waals surface area contributed by atoms with E-state index in [1.807, 2.05) is 0 Å². The van der Waals surface area contributed by atoms with Crippen molar-refractivity contribution in [3.8, 4) is 0 Å². The molecule has 0 saturated heterocycles. The fraction of sp³-hybridized carbons (Fsp3) is 0.895. The topological polar surface area (TPSA) is 63.6 Å². The van der Waals surface area contributed by atoms with E-state index in [1.54, 1.807) is 0 Å². The average molecular weight is 369 g/mol. The van der Waals surface area contributed by atoms with E-state index in [0.717, 1.165) is 19.3 Å². The van der Waals surface area contributed by atoms with Crippen molar-refractivity contribution in [2.45, 2.75) is 110 Å². The summed E-state index contributed by atoms with van der Waals surface area (Å²) in [4.78, 5) is 22.3. The molecule has 24 heavy (non-hydrogen) atoms. The predicted octanol–water partition coefficient (Wildman–Crippen LogP) is 4.54. The third-order valence-corrected chi connectivity index (χ3v) is 4.04. The van der Waals surface area contributed by atoms with Crippen LogP contribution in [-0.4, -0.2) is 60.9 Å². The summed E-state index contributed by atoms with van der Waals surface area (Å²) in [6.07, 6.45) is 15.3. The molecule has 5 heteroatoms. The molecule has 0 aliphatic heterocycles. The maximum Gasteiger partial charge on any atom is 2.00 e. The molecule has 1 unspecified atom stereocenters. The SMILES string of the molecule is CCCCCCCCCCCCCCCC(=O)OC(=O)C(C)O.[Ca+2]. The van der Waals surface area contributed by atoms with E-state index >= 15 is 0 Å². The molecule has 0 aliphatic carbocycles. The van der Waals surface area contributed by atoms with Crippen LogP contribution in [-0.2, 0) is 14.3 Å². The van der Waals surface area contributed by atoms with Crippen molar-refractivity contribution in [2.24, 2.45) is 0 Å². The Morgan fingerprint density at radius 3 is 1.54 bits per heavy atom. The first-order valence-electron chi connectivity index (χ1n) is 9.50. The number of aliphatic hydroxyl groups is 1. The molecule has 0 fully saturated rings. The van der Waals surface area contributed by atoms with Crippen LogP contribution in [0.2, 0.25) is 0 Å². The molecule has 0 aliphatic rings. The first-order chi connectivity index (χ1) is 11.1. The van der Waals surface area contributed by atoms with Gasteiger partial charge in [0.1, 0.15) is 6.10 Å². The Morgan fingerprint density at radius 1 is 0.792 bits per heavy atom. The number of hydrogen-bond acceptors (Lipinski definition) is 4. The minimum atomic E-state index is -1.23. The largest absolute Gasteiger partial charge is 2.00 e. The van der Waals surface area contributed by atoms with Gasteiger partial charge < -0.3 is 9.84 Å². The standard InChI is InChI=1S/C19H36O4.Ca/c1-3-4-5-6-7-8-9-10-11-12-13-14-15-16-18(21)23-19(22)17(2)20;/h17,20H,3-16H2,1-2H3;/q;+2. The van der Waals surface area contributed by atoms with Gasteiger partial charge in [-0.2, -0.15) is 0 Å². The van der Waals surface area contributed by atoms with Crippen molar-refractivity contribution in [1.82, 2.24) is 0 Å². The van der Waals surface area contributed by atoms with E-state index in [1.165, 1.54) is 71.1 Å². The van der Waals surface area contributed by atoms with Gasteiger partial charge in [-0.3, -0.25) is 4.79 Å². The average Bonchev–Trinajstić information content (AvgIpc) is 2.51. The predicted molar refractivity (Wildman–Crippen MR) is 98.8 cm³/mol. The Kier molecular flexibility index (Phi) is 21.8. The molecular formula is C19H36CaO4+2. The van der Waals surface area contributed by atoms with Gasteiger partial charge in [-0.05, 0) is 13.3 Å². The molecule has 0 aromatic carbocycles. The van der Waals surface area contributed by atoms with Gasteiger partial charge in [0, 0.05) is 6.42 Å². The molecule has 136 valence electrons. The van der Waals surface area contributed by atoms with Crippen molar-refractivity contribution >= 4 is 49.7 Å². The van der Waals surface area contributed by atoms with Crippen molar-refractivity contribution in [3.05, 3.63) is 0 Å². The van der Waals surface area contributed by atoms with Crippen LogP contribution in [0.5, 0.6) is 0 Å². The molecule has 0 bridgehead atoms. The summed E-state index contributed by atoms with van der Waals surface area (Å²) in [5.41, 5.74) is 0. The van der Waals surface area contributed by atoms with Gasteiger partial charge in [0.05, 0.1) is 0 Å². The fourth-order valence-corrected chi connectivity index (χ4v) is 2.54. The Hall–Kier alpha value is 0.360. The summed E-state index contributed by atoms with van der Waals surface area (Å²) >= 11 is 0. The Balaban J connectivity index is 0. The summed E-state index contributed by atoms with van der Waals surface area (Å²) < 4.78 is 4.49. The van der Waals surface area contributed by atoms with Gasteiger partial charge in [-0.15, -0.1) is 0 Å². The van der Waals surface area contributed by atoms with E-state index in [4.69, 9.17) is 5.11 Å². The minimum Gasteiger partial charge on any atom is -0.391 e. The summed E-state index contributed by atoms with van der Waals surface area (Å²) in [6.45, 7) is 3.54. The van der Waals surface area contributed by atoms with Crippen LogP contribution in [0.1, 0.15) is 104 Å². The molecule has 4 nitrogen and oxygen atoms in total. The van der Waals surface area contributed by atoms with Crippen LogP contribution < -0.4 is 0 Å². The van der Waals surface area contributed by atoms with Crippen molar-refractivity contribution in [1.29, 1.82) is 0 Å². The van der Waals surface area contributed by atoms with Gasteiger partial charge in [0.15, 0.2) is 0 Å². The molecule has 1 atom stereocenters. The molecule has 0 spiro atoms. The number of esters is 2. The number of unbranched alkanes of at least 4 members (excludes halogenated alkanes) is 12. The smallest absolute Gasteiger partial charge is 0.391 e. The number of carbonyl (C=O) groups excluding carboxylic acids is 2. The number of ether oxygens (including phenoxy) is 1. The molecule has 0 saturated carbocycles. The second-order valence-electron chi connectivity index (χ2n) is 6.46. The Bertz CT molecular complexity index is 306. The number of aliphatic hydroxyl groups excluding tert-OH is 1. The third-order valence-electron chi connectivity index (χ3n) is 4.04. The zero-order valence-corrected chi connectivity index (χ0v) is 18.1. The normalized spacial score (nSPS) is 11.6. The van der Waals surface area contributed by atoms with Crippen LogP contribution in [0.15, 0.2) is 0 Å². The summed E-state index contributed by atoms with van der Waals surface area (Å²) in [5.74, 6) is -1.39. The summed E-state index contributed by atoms with van der Waals surface area (Å²) in [5, 5.41) is 8.93. The van der Waals surface area contributed by atoms with Gasteiger partial charge >= 0.3 is 49.7 Å². The van der Waals surface area contributed by atoms with Gasteiger partial charge in [0.25, 0.3) is 0 Å². The molecular weight excluding hydrogens is 332 g/mol. The Labute approximate surface area is 178 Å². The number of carbonyl (C=O) groups is 2. The first kappa shape index (κ1) is 26.6. The number of hydrogen-bond donors (Lipinski definition) is 1. The summed E-state index contributed by atoms with van der Waals surface area (Å²) in [7, 11) is 0. The monoisotopic (exact) mass is 368 g/mol.